The smallest absolute Gasteiger partial charge is 0.308 e. The Morgan fingerprint density at radius 2 is 1.72 bits per heavy atom. The van der Waals surface area contributed by atoms with Crippen LogP contribution < -0.4 is 11.0 Å². The second-order valence-electron chi connectivity index (χ2n) is 5.83. The van der Waals surface area contributed by atoms with Crippen molar-refractivity contribution in [3.8, 4) is 0 Å². The Morgan fingerprint density at radius 3 is 2.33 bits per heavy atom. The van der Waals surface area contributed by atoms with Crippen LogP contribution >= 0.6 is 0 Å². The third-order valence-electron chi connectivity index (χ3n) is 3.16. The monoisotopic (exact) mass is 247 g/mol. The highest BCUT2D eigenvalue weighted by Crippen LogP contribution is 2.14. The fraction of sp³-hybridized carbons (Fsp3) is 0.500. The number of rotatable bonds is 2. The SMILES string of the molecule is Cn1c(=O)n(C)c2cc(CNC(C)(C)C)ccc21. The largest absolute Gasteiger partial charge is 0.328 e. The molecule has 0 saturated carbocycles. The summed E-state index contributed by atoms with van der Waals surface area (Å²) < 4.78 is 3.37. The summed E-state index contributed by atoms with van der Waals surface area (Å²) in [7, 11) is 3.61. The van der Waals surface area contributed by atoms with Crippen LogP contribution in [0.4, 0.5) is 0 Å². The van der Waals surface area contributed by atoms with Crippen molar-refractivity contribution in [2.24, 2.45) is 14.1 Å². The molecule has 4 nitrogen and oxygen atoms in total. The van der Waals surface area contributed by atoms with Crippen molar-refractivity contribution in [1.29, 1.82) is 0 Å². The molecular formula is C14H21N3O. The first kappa shape index (κ1) is 12.9. The highest BCUT2D eigenvalue weighted by Gasteiger charge is 2.11. The van der Waals surface area contributed by atoms with E-state index >= 15 is 0 Å². The van der Waals surface area contributed by atoms with Gasteiger partial charge in [0.25, 0.3) is 0 Å². The van der Waals surface area contributed by atoms with Gasteiger partial charge in [-0.1, -0.05) is 6.07 Å². The van der Waals surface area contributed by atoms with E-state index in [0.717, 1.165) is 17.6 Å². The normalized spacial score (nSPS) is 12.3. The molecule has 4 heteroatoms. The standard InChI is InChI=1S/C14H21N3O/c1-14(2,3)15-9-10-6-7-11-12(8-10)17(5)13(18)16(11)4/h6-8,15H,9H2,1-5H3. The molecule has 0 amide bonds. The molecule has 0 aliphatic rings. The highest BCUT2D eigenvalue weighted by molar-refractivity contribution is 5.76. The van der Waals surface area contributed by atoms with Crippen LogP contribution in [0.3, 0.4) is 0 Å². The van der Waals surface area contributed by atoms with Crippen molar-refractivity contribution < 1.29 is 0 Å². The Labute approximate surface area is 107 Å². The first-order valence-electron chi connectivity index (χ1n) is 6.19. The maximum absolute atomic E-state index is 11.8. The van der Waals surface area contributed by atoms with Crippen LogP contribution in [0.2, 0.25) is 0 Å². The predicted molar refractivity (Wildman–Crippen MR) is 74.8 cm³/mol. The number of hydrogen-bond donors (Lipinski definition) is 1. The first-order chi connectivity index (χ1) is 8.29. The van der Waals surface area contributed by atoms with Gasteiger partial charge < -0.3 is 5.32 Å². The quantitative estimate of drug-likeness (QED) is 0.878. The van der Waals surface area contributed by atoms with E-state index in [1.54, 1.807) is 16.2 Å². The fourth-order valence-corrected chi connectivity index (χ4v) is 2.03. The molecule has 1 N–H and O–H groups in total. The average Bonchev–Trinajstić information content (AvgIpc) is 2.51. The zero-order valence-electron chi connectivity index (χ0n) is 11.7. The summed E-state index contributed by atoms with van der Waals surface area (Å²) in [6.07, 6.45) is 0. The lowest BCUT2D eigenvalue weighted by molar-refractivity contribution is 0.424. The van der Waals surface area contributed by atoms with Gasteiger partial charge in [-0.3, -0.25) is 9.13 Å². The predicted octanol–water partition coefficient (Wildman–Crippen LogP) is 1.77. The number of hydrogen-bond acceptors (Lipinski definition) is 2. The Bertz CT molecular complexity index is 629. The topological polar surface area (TPSA) is 39.0 Å². The molecule has 1 aromatic carbocycles. The van der Waals surface area contributed by atoms with Crippen LogP contribution in [0.25, 0.3) is 11.0 Å². The van der Waals surface area contributed by atoms with Gasteiger partial charge in [0.2, 0.25) is 0 Å². The Morgan fingerprint density at radius 1 is 1.11 bits per heavy atom. The van der Waals surface area contributed by atoms with E-state index in [2.05, 4.69) is 38.2 Å². The minimum Gasteiger partial charge on any atom is -0.308 e. The van der Waals surface area contributed by atoms with Gasteiger partial charge in [-0.05, 0) is 38.5 Å². The van der Waals surface area contributed by atoms with E-state index < -0.39 is 0 Å². The summed E-state index contributed by atoms with van der Waals surface area (Å²) in [6.45, 7) is 7.24. The van der Waals surface area contributed by atoms with Crippen molar-refractivity contribution in [1.82, 2.24) is 14.5 Å². The molecule has 0 unspecified atom stereocenters. The van der Waals surface area contributed by atoms with Gasteiger partial charge in [-0.25, -0.2) is 4.79 Å². The number of imidazole rings is 1. The van der Waals surface area contributed by atoms with Crippen LogP contribution in [0, 0.1) is 0 Å². The molecule has 0 bridgehead atoms. The highest BCUT2D eigenvalue weighted by atomic mass is 16.1. The maximum Gasteiger partial charge on any atom is 0.328 e. The Balaban J connectivity index is 2.39. The van der Waals surface area contributed by atoms with Crippen LogP contribution in [-0.4, -0.2) is 14.7 Å². The molecule has 0 atom stereocenters. The van der Waals surface area contributed by atoms with Crippen molar-refractivity contribution in [3.63, 3.8) is 0 Å². The minimum absolute atomic E-state index is 0.0194. The fourth-order valence-electron chi connectivity index (χ4n) is 2.03. The first-order valence-corrected chi connectivity index (χ1v) is 6.19. The summed E-state index contributed by atoms with van der Waals surface area (Å²) in [4.78, 5) is 11.8. The molecule has 0 radical (unpaired) electrons. The Kier molecular flexibility index (Phi) is 3.07. The van der Waals surface area contributed by atoms with Gasteiger partial charge in [0.15, 0.2) is 0 Å². The molecule has 1 heterocycles. The summed E-state index contributed by atoms with van der Waals surface area (Å²) in [5.74, 6) is 0. The number of benzene rings is 1. The van der Waals surface area contributed by atoms with Crippen molar-refractivity contribution in [2.75, 3.05) is 0 Å². The number of aromatic nitrogens is 2. The van der Waals surface area contributed by atoms with Crippen LogP contribution in [0.15, 0.2) is 23.0 Å². The van der Waals surface area contributed by atoms with Gasteiger partial charge in [-0.15, -0.1) is 0 Å². The molecule has 18 heavy (non-hydrogen) atoms. The number of nitrogens with zero attached hydrogens (tertiary/aromatic N) is 2. The third kappa shape index (κ3) is 2.34. The van der Waals surface area contributed by atoms with Gasteiger partial charge in [0, 0.05) is 26.2 Å². The average molecular weight is 247 g/mol. The van der Waals surface area contributed by atoms with Gasteiger partial charge >= 0.3 is 5.69 Å². The number of fused-ring (bicyclic) bond motifs is 1. The molecule has 0 fully saturated rings. The lowest BCUT2D eigenvalue weighted by atomic mass is 10.1. The van der Waals surface area contributed by atoms with Gasteiger partial charge in [-0.2, -0.15) is 0 Å². The molecule has 0 aliphatic heterocycles. The summed E-state index contributed by atoms with van der Waals surface area (Å²) >= 11 is 0. The lowest BCUT2D eigenvalue weighted by Crippen LogP contribution is -2.35. The van der Waals surface area contributed by atoms with E-state index in [0.29, 0.717) is 0 Å². The second-order valence-corrected chi connectivity index (χ2v) is 5.83. The van der Waals surface area contributed by atoms with E-state index in [9.17, 15) is 4.79 Å². The zero-order valence-corrected chi connectivity index (χ0v) is 11.7. The van der Waals surface area contributed by atoms with Crippen molar-refractivity contribution >= 4 is 11.0 Å². The van der Waals surface area contributed by atoms with E-state index in [4.69, 9.17) is 0 Å². The molecule has 0 saturated heterocycles. The molecule has 2 aromatic rings. The lowest BCUT2D eigenvalue weighted by Gasteiger charge is -2.20. The second kappa shape index (κ2) is 4.28. The molecule has 0 spiro atoms. The van der Waals surface area contributed by atoms with Crippen LogP contribution in [0.5, 0.6) is 0 Å². The molecule has 1 aromatic heterocycles. The van der Waals surface area contributed by atoms with Crippen molar-refractivity contribution in [3.05, 3.63) is 34.2 Å². The van der Waals surface area contributed by atoms with Crippen LogP contribution in [0.1, 0.15) is 26.3 Å². The molecule has 0 aliphatic carbocycles. The number of aryl methyl sites for hydroxylation is 2. The Hall–Kier alpha value is -1.55. The minimum atomic E-state index is 0.0194. The van der Waals surface area contributed by atoms with E-state index in [-0.39, 0.29) is 11.2 Å². The van der Waals surface area contributed by atoms with E-state index in [1.807, 2.05) is 13.1 Å². The van der Waals surface area contributed by atoms with Crippen LogP contribution in [-0.2, 0) is 20.6 Å². The summed E-state index contributed by atoms with van der Waals surface area (Å²) in [5.41, 5.74) is 3.26. The third-order valence-corrected chi connectivity index (χ3v) is 3.16. The summed E-state index contributed by atoms with van der Waals surface area (Å²) in [5, 5.41) is 3.45. The van der Waals surface area contributed by atoms with Gasteiger partial charge in [0.05, 0.1) is 11.0 Å². The molecule has 98 valence electrons. The maximum atomic E-state index is 11.8. The van der Waals surface area contributed by atoms with Crippen molar-refractivity contribution in [2.45, 2.75) is 32.9 Å². The molecular weight excluding hydrogens is 226 g/mol. The number of nitrogens with one attached hydrogen (secondary N) is 1. The molecule has 2 rings (SSSR count). The van der Waals surface area contributed by atoms with E-state index in [1.165, 1.54) is 5.56 Å². The zero-order chi connectivity index (χ0) is 13.5. The van der Waals surface area contributed by atoms with Gasteiger partial charge in [0.1, 0.15) is 0 Å². The summed E-state index contributed by atoms with van der Waals surface area (Å²) in [6, 6.07) is 6.16.